The molecule has 0 atom stereocenters. The number of aromatic nitrogens is 3. The molecular weight excluding hydrogens is 480 g/mol. The molecule has 11 heteroatoms. The van der Waals surface area contributed by atoms with E-state index in [0.29, 0.717) is 12.5 Å². The smallest absolute Gasteiger partial charge is 0.239 e. The van der Waals surface area contributed by atoms with E-state index in [-0.39, 0.29) is 16.7 Å². The molecule has 38 heavy (non-hydrogen) atoms. The zero-order valence-electron chi connectivity index (χ0n) is 23.8. The van der Waals surface area contributed by atoms with Crippen molar-refractivity contribution in [2.24, 2.45) is 0 Å². The van der Waals surface area contributed by atoms with Crippen molar-refractivity contribution in [2.75, 3.05) is 100.0 Å². The Hall–Kier alpha value is -3.18. The minimum absolute atomic E-state index is 0. The zero-order valence-corrected chi connectivity index (χ0v) is 23.8. The molecule has 2 saturated heterocycles. The maximum absolute atomic E-state index is 11.7. The highest BCUT2D eigenvalue weighted by Crippen LogP contribution is 2.22. The number of benzene rings is 1. The van der Waals surface area contributed by atoms with Crippen LogP contribution in [0.25, 0.3) is 0 Å². The highest BCUT2D eigenvalue weighted by molar-refractivity contribution is 5.80. The Kier molecular flexibility index (Phi) is 11.8. The largest absolute Gasteiger partial charge is 0.376 e. The number of anilines is 5. The highest BCUT2D eigenvalue weighted by atomic mass is 16.1. The lowest BCUT2D eigenvalue weighted by molar-refractivity contribution is -0.119. The second kappa shape index (κ2) is 15.3. The predicted molar refractivity (Wildman–Crippen MR) is 163 cm³/mol. The first-order valence-electron chi connectivity index (χ1n) is 13.9. The number of hydrogen-bond acceptors (Lipinski definition) is 10. The van der Waals surface area contributed by atoms with Crippen LogP contribution in [0.2, 0.25) is 0 Å². The van der Waals surface area contributed by atoms with E-state index in [4.69, 9.17) is 15.0 Å². The van der Waals surface area contributed by atoms with Gasteiger partial charge in [0.15, 0.2) is 0 Å². The number of amides is 1. The van der Waals surface area contributed by atoms with Gasteiger partial charge < -0.3 is 35.6 Å². The van der Waals surface area contributed by atoms with Gasteiger partial charge in [0, 0.05) is 74.6 Å². The first-order chi connectivity index (χ1) is 18.4. The topological polar surface area (TPSA) is 105 Å². The molecule has 1 amide bonds. The second-order valence-corrected chi connectivity index (χ2v) is 9.85. The molecule has 0 spiro atoms. The number of likely N-dealkylation sites (N-methyl/N-ethyl adjacent to an activating group) is 3. The van der Waals surface area contributed by atoms with Crippen LogP contribution in [0, 0.1) is 0 Å². The molecule has 2 aliphatic rings. The first kappa shape index (κ1) is 29.4. The van der Waals surface area contributed by atoms with Crippen LogP contribution < -0.4 is 25.8 Å². The van der Waals surface area contributed by atoms with Gasteiger partial charge in [-0.25, -0.2) is 0 Å². The van der Waals surface area contributed by atoms with E-state index >= 15 is 0 Å². The van der Waals surface area contributed by atoms with Crippen molar-refractivity contribution in [3.63, 3.8) is 0 Å². The second-order valence-electron chi connectivity index (χ2n) is 9.85. The molecule has 0 unspecified atom stereocenters. The van der Waals surface area contributed by atoms with Crippen LogP contribution in [0.5, 0.6) is 0 Å². The summed E-state index contributed by atoms with van der Waals surface area (Å²) in [5, 5.41) is 9.26. The summed E-state index contributed by atoms with van der Waals surface area (Å²) in [6, 6.07) is 7.78. The molecule has 1 aromatic heterocycles. The molecule has 3 N–H and O–H groups in total. The van der Waals surface area contributed by atoms with Gasteiger partial charge in [-0.1, -0.05) is 26.7 Å². The summed E-state index contributed by atoms with van der Waals surface area (Å²) in [6.45, 7) is 14.7. The molecule has 0 saturated carbocycles. The van der Waals surface area contributed by atoms with Gasteiger partial charge in [0.2, 0.25) is 23.8 Å². The van der Waals surface area contributed by atoms with Gasteiger partial charge in [-0.2, -0.15) is 15.0 Å². The third kappa shape index (κ3) is 9.29. The van der Waals surface area contributed by atoms with Crippen LogP contribution in [-0.2, 0) is 4.79 Å². The fourth-order valence-corrected chi connectivity index (χ4v) is 3.95. The normalized spacial score (nSPS) is 16.4. The molecule has 0 bridgehead atoms. The van der Waals surface area contributed by atoms with Gasteiger partial charge >= 0.3 is 0 Å². The molecule has 0 aliphatic carbocycles. The van der Waals surface area contributed by atoms with E-state index in [1.54, 1.807) is 0 Å². The van der Waals surface area contributed by atoms with Gasteiger partial charge in [0.1, 0.15) is 0 Å². The number of hydrogen-bond donors (Lipinski definition) is 3. The Bertz CT molecular complexity index is 944. The van der Waals surface area contributed by atoms with Crippen LogP contribution in [0.15, 0.2) is 24.3 Å². The number of piperazine rings is 2. The fraction of sp³-hybridized carbons (Fsp3) is 0.630. The minimum atomic E-state index is -0.0252. The standard InChI is InChI=1S/C23H36N10O.C4H10.3H2/c1-4-24-20(34)17-25-18-5-7-19(8-6-18)26-21-27-22(32-13-9-30(2)10-14-32)29-23(28-21)33-15-11-31(3)12-16-33;1-3-4-2;;;/h5-8,25H,4,9-17H2,1-3H3,(H,24,34)(H,26,27,28,29);3-4H2,1-2H3;3*1H. The molecule has 1 aromatic carbocycles. The van der Waals surface area contributed by atoms with Gasteiger partial charge in [0.25, 0.3) is 0 Å². The lowest BCUT2D eigenvalue weighted by Gasteiger charge is -2.34. The Labute approximate surface area is 232 Å². The Morgan fingerprint density at radius 2 is 1.24 bits per heavy atom. The molecule has 2 fully saturated rings. The summed E-state index contributed by atoms with van der Waals surface area (Å²) < 4.78 is 0. The van der Waals surface area contributed by atoms with E-state index in [1.807, 2.05) is 31.2 Å². The van der Waals surface area contributed by atoms with Crippen LogP contribution in [0.3, 0.4) is 0 Å². The maximum Gasteiger partial charge on any atom is 0.239 e. The number of nitrogens with zero attached hydrogens (tertiary/aromatic N) is 7. The van der Waals surface area contributed by atoms with Gasteiger partial charge in [-0.15, -0.1) is 0 Å². The first-order valence-corrected chi connectivity index (χ1v) is 13.9. The van der Waals surface area contributed by atoms with Gasteiger partial charge in [0.05, 0.1) is 6.54 Å². The van der Waals surface area contributed by atoms with E-state index in [1.165, 1.54) is 12.8 Å². The monoisotopic (exact) mass is 532 g/mol. The molecule has 2 aromatic rings. The number of unbranched alkanes of at least 4 members (excludes halogenated alkanes) is 1. The highest BCUT2D eigenvalue weighted by Gasteiger charge is 2.22. The minimum Gasteiger partial charge on any atom is -0.376 e. The summed E-state index contributed by atoms with van der Waals surface area (Å²) in [4.78, 5) is 35.1. The van der Waals surface area contributed by atoms with Gasteiger partial charge in [-0.05, 0) is 45.3 Å². The summed E-state index contributed by atoms with van der Waals surface area (Å²) >= 11 is 0. The van der Waals surface area contributed by atoms with Crippen LogP contribution in [0.4, 0.5) is 29.2 Å². The van der Waals surface area contributed by atoms with Gasteiger partial charge in [-0.3, -0.25) is 4.79 Å². The number of rotatable bonds is 9. The fourth-order valence-electron chi connectivity index (χ4n) is 3.95. The van der Waals surface area contributed by atoms with E-state index in [0.717, 1.165) is 75.6 Å². The van der Waals surface area contributed by atoms with Crippen LogP contribution in [-0.4, -0.2) is 110 Å². The third-order valence-corrected chi connectivity index (χ3v) is 6.65. The van der Waals surface area contributed by atoms with E-state index in [9.17, 15) is 4.79 Å². The van der Waals surface area contributed by atoms with Crippen LogP contribution >= 0.6 is 0 Å². The average molecular weight is 533 g/mol. The van der Waals surface area contributed by atoms with Crippen molar-refractivity contribution >= 4 is 35.1 Å². The van der Waals surface area contributed by atoms with Crippen LogP contribution in [0.1, 0.15) is 37.9 Å². The average Bonchev–Trinajstić information content (AvgIpc) is 2.93. The Balaban J connectivity index is 0.00000215. The lowest BCUT2D eigenvalue weighted by atomic mass is 10.3. The molecule has 2 aliphatic heterocycles. The Morgan fingerprint density at radius 1 is 0.763 bits per heavy atom. The van der Waals surface area contributed by atoms with Crippen molar-refractivity contribution < 1.29 is 9.07 Å². The third-order valence-electron chi connectivity index (χ3n) is 6.65. The molecule has 4 rings (SSSR count). The summed E-state index contributed by atoms with van der Waals surface area (Å²) in [7, 11) is 4.28. The van der Waals surface area contributed by atoms with Crippen molar-refractivity contribution in [1.29, 1.82) is 0 Å². The number of nitrogens with one attached hydrogen (secondary N) is 3. The molecule has 216 valence electrons. The Morgan fingerprint density at radius 3 is 1.68 bits per heavy atom. The predicted octanol–water partition coefficient (Wildman–Crippen LogP) is 3.21. The molecular formula is C27H52N10O. The molecule has 0 radical (unpaired) electrons. The summed E-state index contributed by atoms with van der Waals surface area (Å²) in [5.74, 6) is 1.96. The van der Waals surface area contributed by atoms with E-state index < -0.39 is 0 Å². The lowest BCUT2D eigenvalue weighted by Crippen LogP contribution is -2.46. The number of carbonyl (C=O) groups is 1. The van der Waals surface area contributed by atoms with E-state index in [2.05, 4.69) is 63.5 Å². The SMILES string of the molecule is CCCC.CCNC(=O)CNc1ccc(Nc2nc(N3CCN(C)CC3)nc(N3CCN(C)CC3)n2)cc1.[HH].[HH].[HH]. The molecule has 3 heterocycles. The molecule has 11 nitrogen and oxygen atoms in total. The summed E-state index contributed by atoms with van der Waals surface area (Å²) in [5.41, 5.74) is 1.76. The maximum atomic E-state index is 11.7. The van der Waals surface area contributed by atoms with Crippen molar-refractivity contribution in [3.05, 3.63) is 24.3 Å². The summed E-state index contributed by atoms with van der Waals surface area (Å²) in [6.07, 6.45) is 2.64. The van der Waals surface area contributed by atoms with Crippen molar-refractivity contribution in [2.45, 2.75) is 33.6 Å². The zero-order chi connectivity index (χ0) is 27.3. The van der Waals surface area contributed by atoms with Crippen molar-refractivity contribution in [3.8, 4) is 0 Å². The quantitative estimate of drug-likeness (QED) is 0.446. The number of carbonyl (C=O) groups excluding carboxylic acids is 1. The van der Waals surface area contributed by atoms with Crippen molar-refractivity contribution in [1.82, 2.24) is 30.1 Å².